The number of esters is 1. The van der Waals surface area contributed by atoms with Gasteiger partial charge in [0.25, 0.3) is 5.56 Å². The van der Waals surface area contributed by atoms with Crippen molar-refractivity contribution in [1.29, 1.82) is 0 Å². The number of ether oxygens (including phenoxy) is 1. The molecule has 0 unspecified atom stereocenters. The highest BCUT2D eigenvalue weighted by atomic mass is 35.5. The second-order valence-corrected chi connectivity index (χ2v) is 9.67. The molecule has 33 heavy (non-hydrogen) atoms. The first-order valence-electron chi connectivity index (χ1n) is 9.82. The summed E-state index contributed by atoms with van der Waals surface area (Å²) in [5, 5.41) is 1.26. The van der Waals surface area contributed by atoms with Gasteiger partial charge in [-0.1, -0.05) is 82.0 Å². The lowest BCUT2D eigenvalue weighted by Crippen LogP contribution is -2.40. The van der Waals surface area contributed by atoms with E-state index in [2.05, 4.69) is 4.99 Å². The zero-order chi connectivity index (χ0) is 23.9. The highest BCUT2D eigenvalue weighted by Gasteiger charge is 2.34. The van der Waals surface area contributed by atoms with Crippen LogP contribution in [0.4, 0.5) is 0 Å². The van der Waals surface area contributed by atoms with Crippen molar-refractivity contribution in [3.63, 3.8) is 0 Å². The van der Waals surface area contributed by atoms with Gasteiger partial charge in [0, 0.05) is 5.56 Å². The van der Waals surface area contributed by atoms with Crippen LogP contribution >= 0.6 is 57.7 Å². The normalized spacial score (nSPS) is 15.9. The molecule has 0 aliphatic carbocycles. The number of fused-ring (bicyclic) bond motifs is 1. The number of hydrogen-bond donors (Lipinski definition) is 0. The Kier molecular flexibility index (Phi) is 7.03. The minimum atomic E-state index is -0.858. The van der Waals surface area contributed by atoms with Crippen molar-refractivity contribution < 1.29 is 9.53 Å². The molecule has 0 saturated carbocycles. The Morgan fingerprint density at radius 3 is 2.48 bits per heavy atom. The molecule has 4 rings (SSSR count). The summed E-state index contributed by atoms with van der Waals surface area (Å²) in [6.07, 6.45) is 1.65. The lowest BCUT2D eigenvalue weighted by molar-refractivity contribution is -0.139. The van der Waals surface area contributed by atoms with Crippen LogP contribution in [0.2, 0.25) is 20.1 Å². The second-order valence-electron chi connectivity index (χ2n) is 7.09. The van der Waals surface area contributed by atoms with Gasteiger partial charge in [-0.2, -0.15) is 0 Å². The summed E-state index contributed by atoms with van der Waals surface area (Å²) in [5.41, 5.74) is 1.39. The first kappa shape index (κ1) is 24.0. The summed E-state index contributed by atoms with van der Waals surface area (Å²) in [5.74, 6) is -0.577. The minimum absolute atomic E-state index is 0.170. The van der Waals surface area contributed by atoms with E-state index in [1.807, 2.05) is 0 Å². The molecule has 1 aromatic heterocycles. The third-order valence-electron chi connectivity index (χ3n) is 5.06. The van der Waals surface area contributed by atoms with Crippen molar-refractivity contribution in [3.8, 4) is 0 Å². The highest BCUT2D eigenvalue weighted by Crippen LogP contribution is 2.37. The van der Waals surface area contributed by atoms with Gasteiger partial charge in [-0.15, -0.1) is 0 Å². The van der Waals surface area contributed by atoms with Crippen LogP contribution in [0.25, 0.3) is 6.08 Å². The number of allylic oxidation sites excluding steroid dienone is 1. The molecule has 0 fully saturated rings. The van der Waals surface area contributed by atoms with Gasteiger partial charge in [0.15, 0.2) is 4.80 Å². The van der Waals surface area contributed by atoms with Gasteiger partial charge < -0.3 is 4.74 Å². The summed E-state index contributed by atoms with van der Waals surface area (Å²) in [7, 11) is 0. The van der Waals surface area contributed by atoms with Gasteiger partial charge in [0.05, 0.1) is 42.5 Å². The predicted molar refractivity (Wildman–Crippen MR) is 133 cm³/mol. The van der Waals surface area contributed by atoms with Crippen molar-refractivity contribution >= 4 is 69.8 Å². The van der Waals surface area contributed by atoms with E-state index < -0.39 is 12.0 Å². The Hall–Kier alpha value is -2.09. The van der Waals surface area contributed by atoms with Crippen LogP contribution in [-0.4, -0.2) is 17.1 Å². The third kappa shape index (κ3) is 4.38. The number of rotatable bonds is 4. The SMILES string of the molecule is CCOC(=O)C1=C(C)N=c2s/c(=C\c3cccc(Cl)c3Cl)c(=O)n2[C@H]1c1cccc(Cl)c1Cl. The molecule has 2 heterocycles. The Morgan fingerprint density at radius 1 is 1.12 bits per heavy atom. The summed E-state index contributed by atoms with van der Waals surface area (Å²) >= 11 is 26.4. The fourth-order valence-corrected chi connectivity index (χ4v) is 5.40. The lowest BCUT2D eigenvalue weighted by Gasteiger charge is -2.25. The predicted octanol–water partition coefficient (Wildman–Crippen LogP) is 5.41. The number of hydrogen-bond acceptors (Lipinski definition) is 5. The van der Waals surface area contributed by atoms with Crippen LogP contribution in [0.15, 0.2) is 57.5 Å². The van der Waals surface area contributed by atoms with Crippen LogP contribution in [0.3, 0.4) is 0 Å². The minimum Gasteiger partial charge on any atom is -0.463 e. The van der Waals surface area contributed by atoms with E-state index >= 15 is 0 Å². The Balaban J connectivity index is 2.02. The fourth-order valence-electron chi connectivity index (χ4n) is 3.59. The highest BCUT2D eigenvalue weighted by molar-refractivity contribution is 7.07. The van der Waals surface area contributed by atoms with Crippen LogP contribution in [0.1, 0.15) is 31.0 Å². The Bertz CT molecular complexity index is 1490. The number of aromatic nitrogens is 1. The number of benzene rings is 2. The number of carbonyl (C=O) groups excluding carboxylic acids is 1. The maximum Gasteiger partial charge on any atom is 0.338 e. The molecular weight excluding hydrogens is 526 g/mol. The van der Waals surface area contributed by atoms with Crippen molar-refractivity contribution in [2.24, 2.45) is 4.99 Å². The van der Waals surface area contributed by atoms with Crippen LogP contribution in [0.5, 0.6) is 0 Å². The van der Waals surface area contributed by atoms with Gasteiger partial charge in [-0.25, -0.2) is 9.79 Å². The Labute approximate surface area is 213 Å². The standard InChI is InChI=1S/C23H16Cl4N2O3S/c1-3-32-22(31)17-11(2)28-23-29(20(17)13-7-5-9-15(25)19(13)27)21(30)16(33-23)10-12-6-4-8-14(24)18(12)26/h4-10,20H,3H2,1-2H3/b16-10-/t20-/m0/s1. The van der Waals surface area contributed by atoms with Crippen LogP contribution in [0, 0.1) is 0 Å². The van der Waals surface area contributed by atoms with Gasteiger partial charge in [-0.3, -0.25) is 9.36 Å². The largest absolute Gasteiger partial charge is 0.463 e. The van der Waals surface area contributed by atoms with E-state index in [-0.39, 0.29) is 22.8 Å². The molecule has 1 aliphatic rings. The van der Waals surface area contributed by atoms with E-state index in [9.17, 15) is 9.59 Å². The maximum atomic E-state index is 13.6. The number of carbonyl (C=O) groups is 1. The molecule has 0 radical (unpaired) electrons. The molecule has 10 heteroatoms. The molecule has 170 valence electrons. The first-order chi connectivity index (χ1) is 15.7. The molecule has 0 spiro atoms. The summed E-state index contributed by atoms with van der Waals surface area (Å²) in [6, 6.07) is 9.38. The topological polar surface area (TPSA) is 60.7 Å². The summed E-state index contributed by atoms with van der Waals surface area (Å²) in [4.78, 5) is 31.4. The van der Waals surface area contributed by atoms with Gasteiger partial charge in [-0.05, 0) is 37.6 Å². The summed E-state index contributed by atoms with van der Waals surface area (Å²) in [6.45, 7) is 3.57. The van der Waals surface area contributed by atoms with Gasteiger partial charge in [0.1, 0.15) is 6.04 Å². The molecular formula is C23H16Cl4N2O3S. The van der Waals surface area contributed by atoms with Gasteiger partial charge >= 0.3 is 5.97 Å². The maximum absolute atomic E-state index is 13.6. The zero-order valence-corrected chi connectivity index (χ0v) is 21.2. The smallest absolute Gasteiger partial charge is 0.338 e. The molecule has 5 nitrogen and oxygen atoms in total. The van der Waals surface area contributed by atoms with E-state index in [1.54, 1.807) is 56.3 Å². The van der Waals surface area contributed by atoms with Crippen molar-refractivity contribution in [2.45, 2.75) is 19.9 Å². The van der Waals surface area contributed by atoms with Crippen molar-refractivity contribution in [3.05, 3.63) is 98.6 Å². The monoisotopic (exact) mass is 540 g/mol. The van der Waals surface area contributed by atoms with Gasteiger partial charge in [0.2, 0.25) is 0 Å². The second kappa shape index (κ2) is 9.65. The number of halogens is 4. The van der Waals surface area contributed by atoms with E-state index in [1.165, 1.54) is 15.9 Å². The first-order valence-corrected chi connectivity index (χ1v) is 12.1. The van der Waals surface area contributed by atoms with Crippen molar-refractivity contribution in [2.75, 3.05) is 6.61 Å². The van der Waals surface area contributed by atoms with E-state index in [0.717, 1.165) is 0 Å². The molecule has 0 saturated heterocycles. The number of nitrogens with zero attached hydrogens (tertiary/aromatic N) is 2. The zero-order valence-electron chi connectivity index (χ0n) is 17.4. The fraction of sp³-hybridized carbons (Fsp3) is 0.174. The molecule has 3 aromatic rings. The average Bonchev–Trinajstić information content (AvgIpc) is 3.07. The van der Waals surface area contributed by atoms with Crippen LogP contribution in [-0.2, 0) is 9.53 Å². The van der Waals surface area contributed by atoms with E-state index in [4.69, 9.17) is 51.1 Å². The molecule has 1 atom stereocenters. The number of thiazole rings is 1. The van der Waals surface area contributed by atoms with Crippen molar-refractivity contribution in [1.82, 2.24) is 4.57 Å². The molecule has 0 amide bonds. The molecule has 2 aromatic carbocycles. The molecule has 0 N–H and O–H groups in total. The third-order valence-corrected chi connectivity index (χ3v) is 7.71. The Morgan fingerprint density at radius 2 is 1.79 bits per heavy atom. The quantitative estimate of drug-likeness (QED) is 0.415. The van der Waals surface area contributed by atoms with E-state index in [0.29, 0.717) is 41.2 Å². The molecule has 0 bridgehead atoms. The van der Waals surface area contributed by atoms with Crippen LogP contribution < -0.4 is 14.9 Å². The lowest BCUT2D eigenvalue weighted by atomic mass is 9.96. The average molecular weight is 542 g/mol. The molecule has 1 aliphatic heterocycles. The summed E-state index contributed by atoms with van der Waals surface area (Å²) < 4.78 is 7.09.